The van der Waals surface area contributed by atoms with Crippen molar-refractivity contribution in [3.05, 3.63) is 35.4 Å². The molecule has 0 fully saturated rings. The lowest BCUT2D eigenvalue weighted by Crippen LogP contribution is -2.34. The van der Waals surface area contributed by atoms with Crippen molar-refractivity contribution >= 4 is 0 Å². The number of hydrogen-bond donors (Lipinski definition) is 0. The lowest BCUT2D eigenvalue weighted by Gasteiger charge is -2.22. The molecule has 0 bridgehead atoms. The van der Waals surface area contributed by atoms with Crippen LogP contribution in [0.4, 0.5) is 22.0 Å². The van der Waals surface area contributed by atoms with Crippen molar-refractivity contribution in [2.45, 2.75) is 24.9 Å². The molecule has 0 N–H and O–H groups in total. The molecular formula is C11H10F5O. The Labute approximate surface area is 94.9 Å². The van der Waals surface area contributed by atoms with Crippen LogP contribution in [-0.2, 0) is 17.4 Å². The molecule has 1 aromatic rings. The average molecular weight is 253 g/mol. The number of aryl methyl sites for hydroxylation is 1. The molecule has 17 heavy (non-hydrogen) atoms. The van der Waals surface area contributed by atoms with Crippen LogP contribution >= 0.6 is 0 Å². The highest BCUT2D eigenvalue weighted by atomic mass is 19.4. The third kappa shape index (κ3) is 2.94. The van der Waals surface area contributed by atoms with Crippen LogP contribution in [0.1, 0.15) is 17.5 Å². The number of rotatable bonds is 4. The molecule has 0 saturated carbocycles. The first kappa shape index (κ1) is 13.9. The lowest BCUT2D eigenvalue weighted by atomic mass is 9.98. The third-order valence-corrected chi connectivity index (χ3v) is 2.30. The minimum atomic E-state index is -5.62. The van der Waals surface area contributed by atoms with Crippen LogP contribution in [0.15, 0.2) is 24.3 Å². The number of hydrogen-bond acceptors (Lipinski definition) is 0. The van der Waals surface area contributed by atoms with Crippen molar-refractivity contribution in [1.82, 2.24) is 0 Å². The van der Waals surface area contributed by atoms with Crippen molar-refractivity contribution in [1.29, 1.82) is 0 Å². The average Bonchev–Trinajstić information content (AvgIpc) is 2.25. The Morgan fingerprint density at radius 2 is 1.59 bits per heavy atom. The molecule has 0 spiro atoms. The molecule has 0 heterocycles. The summed E-state index contributed by atoms with van der Waals surface area (Å²) >= 11 is 0. The van der Waals surface area contributed by atoms with Crippen LogP contribution in [-0.4, -0.2) is 12.8 Å². The summed E-state index contributed by atoms with van der Waals surface area (Å²) < 4.78 is 62.9. The van der Waals surface area contributed by atoms with E-state index in [1.54, 1.807) is 0 Å². The fraction of sp³-hybridized carbons (Fsp3) is 0.455. The van der Waals surface area contributed by atoms with Gasteiger partial charge in [-0.1, -0.05) is 24.3 Å². The van der Waals surface area contributed by atoms with Crippen molar-refractivity contribution in [2.75, 3.05) is 6.61 Å². The molecule has 0 saturated heterocycles. The summed E-state index contributed by atoms with van der Waals surface area (Å²) in [6.45, 7) is -0.508. The molecule has 1 rings (SSSR count). The van der Waals surface area contributed by atoms with Gasteiger partial charge >= 0.3 is 12.1 Å². The van der Waals surface area contributed by atoms with E-state index < -0.39 is 24.3 Å². The van der Waals surface area contributed by atoms with Gasteiger partial charge in [0.1, 0.15) is 0 Å². The minimum absolute atomic E-state index is 0.0327. The summed E-state index contributed by atoms with van der Waals surface area (Å²) in [5.74, 6) is -4.88. The van der Waals surface area contributed by atoms with Crippen LogP contribution in [0.25, 0.3) is 0 Å². The Hall–Kier alpha value is -1.17. The van der Waals surface area contributed by atoms with Gasteiger partial charge in [-0.05, 0) is 18.4 Å². The summed E-state index contributed by atoms with van der Waals surface area (Å²) in [4.78, 5) is 0. The Morgan fingerprint density at radius 3 is 2.12 bits per heavy atom. The highest BCUT2D eigenvalue weighted by Crippen LogP contribution is 2.45. The zero-order valence-corrected chi connectivity index (χ0v) is 8.73. The maximum atomic E-state index is 13.1. The van der Waals surface area contributed by atoms with Crippen molar-refractivity contribution in [2.24, 2.45) is 0 Å². The van der Waals surface area contributed by atoms with E-state index in [1.807, 2.05) is 0 Å². The molecule has 95 valence electrons. The number of alkyl halides is 5. The molecule has 1 nitrogen and oxygen atoms in total. The van der Waals surface area contributed by atoms with E-state index in [1.165, 1.54) is 12.1 Å². The zero-order chi connectivity index (χ0) is 13.1. The first-order valence-corrected chi connectivity index (χ1v) is 4.91. The van der Waals surface area contributed by atoms with Crippen molar-refractivity contribution in [3.63, 3.8) is 0 Å². The van der Waals surface area contributed by atoms with Crippen molar-refractivity contribution < 1.29 is 27.1 Å². The highest BCUT2D eigenvalue weighted by molar-refractivity contribution is 5.32. The first-order valence-electron chi connectivity index (χ1n) is 4.91. The van der Waals surface area contributed by atoms with Crippen LogP contribution in [0.5, 0.6) is 0 Å². The first-order chi connectivity index (χ1) is 7.80. The predicted octanol–water partition coefficient (Wildman–Crippen LogP) is 3.70. The molecule has 1 radical (unpaired) electrons. The topological polar surface area (TPSA) is 19.9 Å². The summed E-state index contributed by atoms with van der Waals surface area (Å²) in [5.41, 5.74) is -1.20. The van der Waals surface area contributed by atoms with Gasteiger partial charge in [0.2, 0.25) is 0 Å². The fourth-order valence-corrected chi connectivity index (χ4v) is 1.46. The van der Waals surface area contributed by atoms with Crippen molar-refractivity contribution in [3.8, 4) is 0 Å². The molecule has 0 unspecified atom stereocenters. The predicted molar refractivity (Wildman–Crippen MR) is 50.3 cm³/mol. The minimum Gasteiger partial charge on any atom is -0.237 e. The summed E-state index contributed by atoms with van der Waals surface area (Å²) in [5, 5.41) is 10.3. The monoisotopic (exact) mass is 253 g/mol. The van der Waals surface area contributed by atoms with Gasteiger partial charge in [-0.25, -0.2) is 5.11 Å². The van der Waals surface area contributed by atoms with Crippen LogP contribution < -0.4 is 0 Å². The second kappa shape index (κ2) is 5.00. The van der Waals surface area contributed by atoms with Gasteiger partial charge < -0.3 is 0 Å². The highest BCUT2D eigenvalue weighted by Gasteiger charge is 2.59. The number of halogens is 5. The zero-order valence-electron chi connectivity index (χ0n) is 8.73. The molecule has 0 atom stereocenters. The molecule has 0 amide bonds. The molecule has 0 aliphatic heterocycles. The van der Waals surface area contributed by atoms with Gasteiger partial charge in [0, 0.05) is 5.56 Å². The van der Waals surface area contributed by atoms with E-state index in [4.69, 9.17) is 0 Å². The summed E-state index contributed by atoms with van der Waals surface area (Å²) in [6.07, 6.45) is -5.67. The fourth-order valence-electron chi connectivity index (χ4n) is 1.46. The van der Waals surface area contributed by atoms with E-state index in [0.29, 0.717) is 0 Å². The van der Waals surface area contributed by atoms with Gasteiger partial charge in [0.25, 0.3) is 0 Å². The quantitative estimate of drug-likeness (QED) is 0.729. The molecule has 1 aromatic carbocycles. The second-order valence-corrected chi connectivity index (χ2v) is 3.54. The number of benzene rings is 1. The lowest BCUT2D eigenvalue weighted by molar-refractivity contribution is -0.289. The van der Waals surface area contributed by atoms with E-state index in [2.05, 4.69) is 0 Å². The molecule has 6 heteroatoms. The molecular weight excluding hydrogens is 243 g/mol. The van der Waals surface area contributed by atoms with Gasteiger partial charge in [-0.15, -0.1) is 0 Å². The van der Waals surface area contributed by atoms with E-state index in [0.717, 1.165) is 12.1 Å². The maximum absolute atomic E-state index is 13.1. The summed E-state index contributed by atoms with van der Waals surface area (Å²) in [7, 11) is 0. The molecule has 0 aromatic heterocycles. The Kier molecular flexibility index (Phi) is 4.08. The van der Waals surface area contributed by atoms with Gasteiger partial charge in [-0.3, -0.25) is 0 Å². The van der Waals surface area contributed by atoms with Crippen LogP contribution in [0.3, 0.4) is 0 Å². The molecule has 0 aliphatic rings. The third-order valence-electron chi connectivity index (χ3n) is 2.30. The summed E-state index contributed by atoms with van der Waals surface area (Å²) in [6, 6.07) is 4.42. The largest absolute Gasteiger partial charge is 0.458 e. The molecule has 0 aliphatic carbocycles. The Balaban J connectivity index is 3.12. The Bertz CT molecular complexity index is 372. The smallest absolute Gasteiger partial charge is 0.237 e. The van der Waals surface area contributed by atoms with E-state index in [-0.39, 0.29) is 18.4 Å². The second-order valence-electron chi connectivity index (χ2n) is 3.54. The standard InChI is InChI=1S/C11H10F5O/c12-10(13,11(14,15)16)9-6-2-1-4-8(9)5-3-7-17/h1-2,4,6H,3,5,7H2. The normalized spacial score (nSPS) is 12.8. The Morgan fingerprint density at radius 1 is 1.00 bits per heavy atom. The SMILES string of the molecule is [O]CCCc1ccccc1C(F)(F)C(F)(F)F. The van der Waals surface area contributed by atoms with E-state index in [9.17, 15) is 27.1 Å². The van der Waals surface area contributed by atoms with Gasteiger partial charge in [-0.2, -0.15) is 22.0 Å². The van der Waals surface area contributed by atoms with Crippen LogP contribution in [0, 0.1) is 0 Å². The van der Waals surface area contributed by atoms with Crippen LogP contribution in [0.2, 0.25) is 0 Å². The van der Waals surface area contributed by atoms with Gasteiger partial charge in [0.05, 0.1) is 6.61 Å². The van der Waals surface area contributed by atoms with Gasteiger partial charge in [0.15, 0.2) is 0 Å². The van der Waals surface area contributed by atoms with E-state index >= 15 is 0 Å². The maximum Gasteiger partial charge on any atom is 0.458 e.